The van der Waals surface area contributed by atoms with Gasteiger partial charge in [-0.3, -0.25) is 0 Å². The molecule has 0 amide bonds. The molecule has 15 heavy (non-hydrogen) atoms. The summed E-state index contributed by atoms with van der Waals surface area (Å²) in [6.45, 7) is 6.73. The van der Waals surface area contributed by atoms with Gasteiger partial charge in [0, 0.05) is 4.47 Å². The first-order valence-corrected chi connectivity index (χ1v) is 6.93. The number of rotatable bonds is 5. The van der Waals surface area contributed by atoms with Crippen molar-refractivity contribution in [3.63, 3.8) is 0 Å². The molecule has 0 atom stereocenters. The molecule has 1 nitrogen and oxygen atoms in total. The van der Waals surface area contributed by atoms with E-state index in [1.807, 2.05) is 24.3 Å². The van der Waals surface area contributed by atoms with E-state index in [1.165, 1.54) is 12.8 Å². The number of benzene rings is 1. The molecule has 0 saturated carbocycles. The van der Waals surface area contributed by atoms with Crippen LogP contribution in [0, 0.1) is 0 Å². The molecule has 0 unspecified atom stereocenters. The quantitative estimate of drug-likeness (QED) is 0.726. The third kappa shape index (κ3) is 4.84. The van der Waals surface area contributed by atoms with Gasteiger partial charge in [0.1, 0.15) is 5.75 Å². The summed E-state index contributed by atoms with van der Waals surface area (Å²) in [6, 6.07) is 8.01. The van der Waals surface area contributed by atoms with Gasteiger partial charge in [-0.15, -0.1) is 0 Å². The van der Waals surface area contributed by atoms with Crippen LogP contribution in [0.15, 0.2) is 28.7 Å². The van der Waals surface area contributed by atoms with E-state index in [-0.39, 0.29) is 0 Å². The van der Waals surface area contributed by atoms with Crippen LogP contribution >= 0.6 is 15.9 Å². The second kappa shape index (κ2) is 5.71. The Bertz CT molecular complexity index is 295. The van der Waals surface area contributed by atoms with Crippen LogP contribution < -0.4 is 4.43 Å². The molecule has 0 aromatic heterocycles. The minimum Gasteiger partial charge on any atom is -0.540 e. The van der Waals surface area contributed by atoms with Crippen LogP contribution in [0.5, 0.6) is 5.75 Å². The molecule has 0 saturated heterocycles. The molecule has 1 aromatic carbocycles. The van der Waals surface area contributed by atoms with Gasteiger partial charge < -0.3 is 4.43 Å². The van der Waals surface area contributed by atoms with Gasteiger partial charge in [0.05, 0.1) is 0 Å². The van der Waals surface area contributed by atoms with Crippen LogP contribution in [0.3, 0.4) is 0 Å². The van der Waals surface area contributed by atoms with Crippen molar-refractivity contribution in [1.82, 2.24) is 0 Å². The van der Waals surface area contributed by atoms with Gasteiger partial charge in [0.2, 0.25) is 0 Å². The predicted octanol–water partition coefficient (Wildman–Crippen LogP) is 4.45. The lowest BCUT2D eigenvalue weighted by Gasteiger charge is -2.21. The first-order chi connectivity index (χ1) is 7.03. The van der Waals surface area contributed by atoms with Gasteiger partial charge in [0.15, 0.2) is 0 Å². The zero-order valence-electron chi connectivity index (χ0n) is 9.51. The van der Waals surface area contributed by atoms with Crippen LogP contribution in [-0.2, 0) is 0 Å². The Kier molecular flexibility index (Phi) is 4.86. The summed E-state index contributed by atoms with van der Waals surface area (Å²) in [5.74, 6) is 0.959. The second-order valence-electron chi connectivity index (χ2n) is 4.29. The molecule has 0 bridgehead atoms. The number of halogens is 1. The van der Waals surface area contributed by atoms with Gasteiger partial charge in [0.25, 0.3) is 0 Å². The first kappa shape index (κ1) is 12.8. The summed E-state index contributed by atoms with van der Waals surface area (Å²) in [7, 11) is 0.525. The van der Waals surface area contributed by atoms with Crippen molar-refractivity contribution >= 4 is 25.7 Å². The van der Waals surface area contributed by atoms with Crippen LogP contribution in [0.1, 0.15) is 33.6 Å². The summed E-state index contributed by atoms with van der Waals surface area (Å²) < 4.78 is 6.87. The average Bonchev–Trinajstić information content (AvgIpc) is 2.17. The van der Waals surface area contributed by atoms with Crippen molar-refractivity contribution in [1.29, 1.82) is 0 Å². The molecule has 1 aromatic rings. The first-order valence-electron chi connectivity index (χ1n) is 5.23. The zero-order chi connectivity index (χ0) is 11.3. The van der Waals surface area contributed by atoms with Crippen molar-refractivity contribution in [2.24, 2.45) is 0 Å². The predicted molar refractivity (Wildman–Crippen MR) is 69.5 cm³/mol. The third-order valence-electron chi connectivity index (χ3n) is 2.13. The summed E-state index contributed by atoms with van der Waals surface area (Å²) in [5.41, 5.74) is 0. The Labute approximate surface area is 103 Å². The highest BCUT2D eigenvalue weighted by Crippen LogP contribution is 2.29. The SMILES string of the molecule is CCCC(C)(C)[Si]Oc1ccc(Br)cc1. The van der Waals surface area contributed by atoms with E-state index in [4.69, 9.17) is 4.43 Å². The fourth-order valence-electron chi connectivity index (χ4n) is 1.38. The van der Waals surface area contributed by atoms with Crippen LogP contribution in [-0.4, -0.2) is 9.76 Å². The second-order valence-corrected chi connectivity index (χ2v) is 6.97. The average molecular weight is 285 g/mol. The Morgan fingerprint density at radius 3 is 2.40 bits per heavy atom. The summed E-state index contributed by atoms with van der Waals surface area (Å²) in [6.07, 6.45) is 2.42. The van der Waals surface area contributed by atoms with Crippen LogP contribution in [0.4, 0.5) is 0 Å². The van der Waals surface area contributed by atoms with Gasteiger partial charge in [-0.2, -0.15) is 0 Å². The van der Waals surface area contributed by atoms with E-state index in [0.29, 0.717) is 14.8 Å². The van der Waals surface area contributed by atoms with Crippen molar-refractivity contribution in [2.45, 2.75) is 38.7 Å². The fraction of sp³-hybridized carbons (Fsp3) is 0.500. The normalized spacial score (nSPS) is 11.5. The molecule has 82 valence electrons. The Morgan fingerprint density at radius 1 is 1.27 bits per heavy atom. The van der Waals surface area contributed by atoms with Crippen molar-refractivity contribution in [3.05, 3.63) is 28.7 Å². The van der Waals surface area contributed by atoms with Crippen LogP contribution in [0.25, 0.3) is 0 Å². The highest BCUT2D eigenvalue weighted by Gasteiger charge is 2.20. The molecule has 0 spiro atoms. The molecule has 0 heterocycles. The Balaban J connectivity index is 2.46. The van der Waals surface area contributed by atoms with Gasteiger partial charge in [-0.05, 0) is 35.7 Å². The Hall–Kier alpha value is -0.283. The molecule has 0 aliphatic carbocycles. The summed E-state index contributed by atoms with van der Waals surface area (Å²) in [4.78, 5) is 0. The number of hydrogen-bond acceptors (Lipinski definition) is 1. The molecule has 0 fully saturated rings. The van der Waals surface area contributed by atoms with Crippen LogP contribution in [0.2, 0.25) is 5.04 Å². The lowest BCUT2D eigenvalue weighted by molar-refractivity contribution is 0.500. The topological polar surface area (TPSA) is 9.23 Å². The standard InChI is InChI=1S/C12H17BrOSi/c1-4-9-12(2,3)15-14-11-7-5-10(13)6-8-11/h5-8H,4,9H2,1-3H3. The molecule has 0 N–H and O–H groups in total. The Morgan fingerprint density at radius 2 is 1.87 bits per heavy atom. The van der Waals surface area contributed by atoms with E-state index in [1.54, 1.807) is 0 Å². The lowest BCUT2D eigenvalue weighted by Crippen LogP contribution is -2.18. The van der Waals surface area contributed by atoms with E-state index in [9.17, 15) is 0 Å². The fourth-order valence-corrected chi connectivity index (χ4v) is 2.52. The minimum absolute atomic E-state index is 0.293. The molecule has 0 aliphatic rings. The molecular weight excluding hydrogens is 268 g/mol. The van der Waals surface area contributed by atoms with E-state index < -0.39 is 0 Å². The van der Waals surface area contributed by atoms with E-state index >= 15 is 0 Å². The molecule has 3 heteroatoms. The van der Waals surface area contributed by atoms with E-state index in [2.05, 4.69) is 36.7 Å². The zero-order valence-corrected chi connectivity index (χ0v) is 12.1. The highest BCUT2D eigenvalue weighted by molar-refractivity contribution is 9.10. The maximum atomic E-state index is 5.79. The molecule has 1 rings (SSSR count). The van der Waals surface area contributed by atoms with Gasteiger partial charge >= 0.3 is 9.76 Å². The maximum Gasteiger partial charge on any atom is 0.317 e. The number of hydrogen-bond donors (Lipinski definition) is 0. The molecule has 2 radical (unpaired) electrons. The van der Waals surface area contributed by atoms with Gasteiger partial charge in [-0.1, -0.05) is 43.1 Å². The smallest absolute Gasteiger partial charge is 0.317 e. The lowest BCUT2D eigenvalue weighted by atomic mass is 10.1. The molecular formula is C12H17BrOSi. The summed E-state index contributed by atoms with van der Waals surface area (Å²) >= 11 is 3.41. The third-order valence-corrected chi connectivity index (χ3v) is 3.80. The minimum atomic E-state index is 0.293. The molecule has 0 aliphatic heterocycles. The van der Waals surface area contributed by atoms with Gasteiger partial charge in [-0.25, -0.2) is 0 Å². The van der Waals surface area contributed by atoms with E-state index in [0.717, 1.165) is 10.2 Å². The maximum absolute atomic E-state index is 5.79. The van der Waals surface area contributed by atoms with Crippen molar-refractivity contribution < 1.29 is 4.43 Å². The van der Waals surface area contributed by atoms with Crippen molar-refractivity contribution in [3.8, 4) is 5.75 Å². The largest absolute Gasteiger partial charge is 0.540 e. The van der Waals surface area contributed by atoms with Crippen molar-refractivity contribution in [2.75, 3.05) is 0 Å². The highest BCUT2D eigenvalue weighted by atomic mass is 79.9. The monoisotopic (exact) mass is 284 g/mol. The summed E-state index contributed by atoms with van der Waals surface area (Å²) in [5, 5.41) is 0.293.